The van der Waals surface area contributed by atoms with Crippen molar-refractivity contribution in [2.24, 2.45) is 5.73 Å². The summed E-state index contributed by atoms with van der Waals surface area (Å²) in [5.74, 6) is 0. The van der Waals surface area contributed by atoms with Crippen LogP contribution >= 0.6 is 0 Å². The number of aliphatic hydroxyl groups is 1. The molecule has 0 saturated carbocycles. The molecule has 0 heterocycles. The topological polar surface area (TPSA) is 55.5 Å². The van der Waals surface area contributed by atoms with E-state index < -0.39 is 6.10 Å². The minimum absolute atomic E-state index is 0.273. The van der Waals surface area contributed by atoms with Crippen molar-refractivity contribution in [2.75, 3.05) is 19.8 Å². The normalized spacial score (nSPS) is 13.4. The molecule has 11 heavy (non-hydrogen) atoms. The molecule has 1 unspecified atom stereocenters. The third-order valence-electron chi connectivity index (χ3n) is 1.37. The Hall–Kier alpha value is -0.120. The van der Waals surface area contributed by atoms with Gasteiger partial charge in [-0.1, -0.05) is 19.8 Å². The third kappa shape index (κ3) is 7.78. The third-order valence-corrected chi connectivity index (χ3v) is 1.37. The summed E-state index contributed by atoms with van der Waals surface area (Å²) in [5.41, 5.74) is 5.17. The maximum atomic E-state index is 8.95. The second-order valence-electron chi connectivity index (χ2n) is 2.53. The monoisotopic (exact) mass is 160 g/mol. The highest BCUT2D eigenvalue weighted by Gasteiger charge is 1.98. The van der Waals surface area contributed by atoms with E-state index in [-0.39, 0.29) is 6.54 Å². The Bertz CT molecular complexity index is 78.5. The van der Waals surface area contributed by atoms with Crippen LogP contribution in [0.15, 0.2) is 0 Å². The van der Waals surface area contributed by atoms with Crippen LogP contribution in [0, 0.1) is 6.92 Å². The molecular weight excluding hydrogens is 142 g/mol. The van der Waals surface area contributed by atoms with Crippen LogP contribution in [-0.2, 0) is 4.74 Å². The van der Waals surface area contributed by atoms with Gasteiger partial charge in [0.1, 0.15) is 0 Å². The van der Waals surface area contributed by atoms with E-state index in [1.165, 1.54) is 0 Å². The Labute approximate surface area is 68.5 Å². The van der Waals surface area contributed by atoms with Crippen LogP contribution in [0.1, 0.15) is 19.3 Å². The minimum atomic E-state index is -0.505. The second-order valence-corrected chi connectivity index (χ2v) is 2.53. The number of unbranched alkanes of at least 4 members (excludes halogenated alkanes) is 2. The van der Waals surface area contributed by atoms with Gasteiger partial charge in [-0.25, -0.2) is 0 Å². The Morgan fingerprint density at radius 2 is 2.18 bits per heavy atom. The van der Waals surface area contributed by atoms with Crippen LogP contribution in [0.5, 0.6) is 0 Å². The zero-order chi connectivity index (χ0) is 8.53. The summed E-state index contributed by atoms with van der Waals surface area (Å²) in [7, 11) is 0. The molecule has 0 aromatic rings. The number of aliphatic hydroxyl groups excluding tert-OH is 1. The molecule has 0 saturated heterocycles. The van der Waals surface area contributed by atoms with Gasteiger partial charge in [0.2, 0.25) is 0 Å². The fourth-order valence-electron chi connectivity index (χ4n) is 0.668. The molecule has 0 aromatic carbocycles. The van der Waals surface area contributed by atoms with Crippen molar-refractivity contribution in [1.29, 1.82) is 0 Å². The molecule has 1 atom stereocenters. The van der Waals surface area contributed by atoms with E-state index in [0.717, 1.165) is 19.3 Å². The largest absolute Gasteiger partial charge is 0.389 e. The van der Waals surface area contributed by atoms with Crippen LogP contribution in [0.4, 0.5) is 0 Å². The zero-order valence-corrected chi connectivity index (χ0v) is 6.96. The van der Waals surface area contributed by atoms with Gasteiger partial charge in [-0.2, -0.15) is 0 Å². The van der Waals surface area contributed by atoms with E-state index in [1.54, 1.807) is 0 Å². The first-order chi connectivity index (χ1) is 5.31. The fraction of sp³-hybridized carbons (Fsp3) is 0.875. The predicted octanol–water partition coefficient (Wildman–Crippen LogP) is 0.327. The van der Waals surface area contributed by atoms with E-state index in [4.69, 9.17) is 15.6 Å². The molecule has 0 amide bonds. The first-order valence-electron chi connectivity index (χ1n) is 4.06. The Morgan fingerprint density at radius 3 is 2.73 bits per heavy atom. The lowest BCUT2D eigenvalue weighted by atomic mass is 10.3. The highest BCUT2D eigenvalue weighted by atomic mass is 16.5. The SMILES string of the molecule is [CH2]CCCCOCC(O)CN. The van der Waals surface area contributed by atoms with Crippen molar-refractivity contribution >= 4 is 0 Å². The molecule has 3 nitrogen and oxygen atoms in total. The molecule has 0 rings (SSSR count). The molecule has 0 aromatic heterocycles. The Kier molecular flexibility index (Phi) is 7.89. The molecule has 3 heteroatoms. The van der Waals surface area contributed by atoms with Crippen molar-refractivity contribution in [3.05, 3.63) is 6.92 Å². The number of ether oxygens (including phenoxy) is 1. The highest BCUT2D eigenvalue weighted by molar-refractivity contribution is 4.52. The highest BCUT2D eigenvalue weighted by Crippen LogP contribution is 1.94. The lowest BCUT2D eigenvalue weighted by molar-refractivity contribution is 0.0399. The smallest absolute Gasteiger partial charge is 0.0895 e. The lowest BCUT2D eigenvalue weighted by Crippen LogP contribution is -2.25. The van der Waals surface area contributed by atoms with Crippen molar-refractivity contribution in [3.63, 3.8) is 0 Å². The summed E-state index contributed by atoms with van der Waals surface area (Å²) in [6, 6.07) is 0. The average Bonchev–Trinajstić information content (AvgIpc) is 2.04. The summed E-state index contributed by atoms with van der Waals surface area (Å²) in [5, 5.41) is 8.95. The van der Waals surface area contributed by atoms with Crippen LogP contribution < -0.4 is 5.73 Å². The minimum Gasteiger partial charge on any atom is -0.389 e. The van der Waals surface area contributed by atoms with Gasteiger partial charge in [0.15, 0.2) is 0 Å². The summed E-state index contributed by atoms with van der Waals surface area (Å²) >= 11 is 0. The van der Waals surface area contributed by atoms with Gasteiger partial charge in [0.05, 0.1) is 12.7 Å². The number of nitrogens with two attached hydrogens (primary N) is 1. The molecule has 0 fully saturated rings. The molecule has 3 N–H and O–H groups in total. The standard InChI is InChI=1S/C8H18NO2/c1-2-3-4-5-11-7-8(10)6-9/h8,10H,1-7,9H2. The molecule has 0 spiro atoms. The van der Waals surface area contributed by atoms with Crippen LogP contribution in [-0.4, -0.2) is 31.0 Å². The lowest BCUT2D eigenvalue weighted by Gasteiger charge is -2.07. The van der Waals surface area contributed by atoms with Gasteiger partial charge in [-0.05, 0) is 6.42 Å². The molecule has 0 aliphatic carbocycles. The van der Waals surface area contributed by atoms with E-state index >= 15 is 0 Å². The van der Waals surface area contributed by atoms with Gasteiger partial charge < -0.3 is 15.6 Å². The molecule has 67 valence electrons. The van der Waals surface area contributed by atoms with Gasteiger partial charge in [0.25, 0.3) is 0 Å². The quantitative estimate of drug-likeness (QED) is 0.528. The first kappa shape index (κ1) is 10.9. The van der Waals surface area contributed by atoms with Gasteiger partial charge >= 0.3 is 0 Å². The van der Waals surface area contributed by atoms with Crippen LogP contribution in [0.2, 0.25) is 0 Å². The number of hydrogen-bond acceptors (Lipinski definition) is 3. The summed E-state index contributed by atoms with van der Waals surface area (Å²) in [6.45, 7) is 5.04. The van der Waals surface area contributed by atoms with Gasteiger partial charge in [-0.15, -0.1) is 0 Å². The fourth-order valence-corrected chi connectivity index (χ4v) is 0.668. The second kappa shape index (κ2) is 7.98. The van der Waals surface area contributed by atoms with E-state index in [1.807, 2.05) is 0 Å². The summed E-state index contributed by atoms with van der Waals surface area (Å²) in [4.78, 5) is 0. The maximum Gasteiger partial charge on any atom is 0.0895 e. The summed E-state index contributed by atoms with van der Waals surface area (Å²) in [6.07, 6.45) is 2.54. The van der Waals surface area contributed by atoms with Crippen LogP contribution in [0.25, 0.3) is 0 Å². The predicted molar refractivity (Wildman–Crippen MR) is 45.1 cm³/mol. The number of rotatable bonds is 7. The molecule has 0 aliphatic rings. The molecule has 0 bridgehead atoms. The molecule has 0 aliphatic heterocycles. The number of hydrogen-bond donors (Lipinski definition) is 2. The van der Waals surface area contributed by atoms with E-state index in [9.17, 15) is 0 Å². The maximum absolute atomic E-state index is 8.95. The average molecular weight is 160 g/mol. The van der Waals surface area contributed by atoms with Crippen molar-refractivity contribution in [3.8, 4) is 0 Å². The Balaban J connectivity index is 2.89. The zero-order valence-electron chi connectivity index (χ0n) is 6.96. The van der Waals surface area contributed by atoms with Crippen molar-refractivity contribution in [2.45, 2.75) is 25.4 Å². The van der Waals surface area contributed by atoms with E-state index in [0.29, 0.717) is 13.2 Å². The first-order valence-corrected chi connectivity index (χ1v) is 4.06. The van der Waals surface area contributed by atoms with Gasteiger partial charge in [0, 0.05) is 13.2 Å². The molecular formula is C8H18NO2. The van der Waals surface area contributed by atoms with Crippen molar-refractivity contribution in [1.82, 2.24) is 0 Å². The van der Waals surface area contributed by atoms with E-state index in [2.05, 4.69) is 6.92 Å². The van der Waals surface area contributed by atoms with Gasteiger partial charge in [-0.3, -0.25) is 0 Å². The molecule has 1 radical (unpaired) electrons. The Morgan fingerprint density at radius 1 is 1.45 bits per heavy atom. The summed E-state index contributed by atoms with van der Waals surface area (Å²) < 4.78 is 5.13. The van der Waals surface area contributed by atoms with Crippen molar-refractivity contribution < 1.29 is 9.84 Å². The van der Waals surface area contributed by atoms with Crippen LogP contribution in [0.3, 0.4) is 0 Å².